The summed E-state index contributed by atoms with van der Waals surface area (Å²) in [5.74, 6) is 0.644. The van der Waals surface area contributed by atoms with Crippen molar-refractivity contribution >= 4 is 21.6 Å². The minimum atomic E-state index is -3.56. The molecule has 0 bridgehead atoms. The van der Waals surface area contributed by atoms with Crippen LogP contribution in [0.1, 0.15) is 32.3 Å². The summed E-state index contributed by atoms with van der Waals surface area (Å²) in [6.45, 7) is 5.28. The number of halogens is 1. The van der Waals surface area contributed by atoms with Crippen LogP contribution in [0.4, 0.5) is 0 Å². The minimum Gasteiger partial charge on any atom is -0.495 e. The summed E-state index contributed by atoms with van der Waals surface area (Å²) >= 11 is 5.83. The standard InChI is InChI=1S/C15H22ClNO3S/c1-15(2)7-4-8-17(11-15)21(18,19)14-9-12(10-16)5-6-13(14)20-3/h5-6,9H,4,7-8,10-11H2,1-3H3. The van der Waals surface area contributed by atoms with E-state index in [1.165, 1.54) is 7.11 Å². The van der Waals surface area contributed by atoms with E-state index in [9.17, 15) is 8.42 Å². The Balaban J connectivity index is 2.43. The van der Waals surface area contributed by atoms with Crippen molar-refractivity contribution in [1.29, 1.82) is 0 Å². The van der Waals surface area contributed by atoms with E-state index in [2.05, 4.69) is 13.8 Å². The summed E-state index contributed by atoms with van der Waals surface area (Å²) in [4.78, 5) is 0.209. The number of piperidine rings is 1. The van der Waals surface area contributed by atoms with Gasteiger partial charge in [-0.25, -0.2) is 8.42 Å². The molecular weight excluding hydrogens is 310 g/mol. The molecule has 0 N–H and O–H groups in total. The van der Waals surface area contributed by atoms with Gasteiger partial charge < -0.3 is 4.74 Å². The number of benzene rings is 1. The third kappa shape index (κ3) is 3.52. The maximum absolute atomic E-state index is 12.9. The molecule has 0 unspecified atom stereocenters. The molecule has 1 aliphatic heterocycles. The first kappa shape index (κ1) is 16.6. The van der Waals surface area contributed by atoms with E-state index in [1.54, 1.807) is 22.5 Å². The number of hydrogen-bond donors (Lipinski definition) is 0. The van der Waals surface area contributed by atoms with Gasteiger partial charge in [-0.15, -0.1) is 11.6 Å². The van der Waals surface area contributed by atoms with Crippen LogP contribution < -0.4 is 4.74 Å². The highest BCUT2D eigenvalue weighted by Gasteiger charge is 2.35. The second-order valence-electron chi connectivity index (χ2n) is 6.23. The van der Waals surface area contributed by atoms with Gasteiger partial charge in [0.15, 0.2) is 0 Å². The average Bonchev–Trinajstić information content (AvgIpc) is 2.45. The first-order chi connectivity index (χ1) is 9.80. The van der Waals surface area contributed by atoms with Gasteiger partial charge in [-0.05, 0) is 36.0 Å². The van der Waals surface area contributed by atoms with Crippen LogP contribution in [0.5, 0.6) is 5.75 Å². The molecule has 1 fully saturated rings. The normalized spacial score (nSPS) is 19.4. The molecule has 4 nitrogen and oxygen atoms in total. The predicted octanol–water partition coefficient (Wildman–Crippen LogP) is 3.24. The molecule has 1 aliphatic rings. The van der Waals surface area contributed by atoms with Crippen molar-refractivity contribution in [3.05, 3.63) is 23.8 Å². The lowest BCUT2D eigenvalue weighted by molar-refractivity contribution is 0.186. The Morgan fingerprint density at radius 2 is 2.10 bits per heavy atom. The Morgan fingerprint density at radius 3 is 2.67 bits per heavy atom. The number of ether oxygens (including phenoxy) is 1. The molecule has 0 atom stereocenters. The second kappa shape index (κ2) is 6.15. The van der Waals surface area contributed by atoms with Crippen molar-refractivity contribution in [3.63, 3.8) is 0 Å². The average molecular weight is 332 g/mol. The highest BCUT2D eigenvalue weighted by Crippen LogP contribution is 2.34. The molecular formula is C15H22ClNO3S. The topological polar surface area (TPSA) is 46.6 Å². The molecule has 0 amide bonds. The van der Waals surface area contributed by atoms with Gasteiger partial charge in [0, 0.05) is 19.0 Å². The van der Waals surface area contributed by atoms with Crippen molar-refractivity contribution in [2.45, 2.75) is 37.5 Å². The Morgan fingerprint density at radius 1 is 1.38 bits per heavy atom. The van der Waals surface area contributed by atoms with Gasteiger partial charge in [0.2, 0.25) is 10.0 Å². The number of alkyl halides is 1. The second-order valence-corrected chi connectivity index (χ2v) is 8.40. The number of rotatable bonds is 4. The molecule has 1 aromatic rings. The zero-order chi connectivity index (χ0) is 15.7. The van der Waals surface area contributed by atoms with E-state index in [-0.39, 0.29) is 16.2 Å². The lowest BCUT2D eigenvalue weighted by atomic mass is 9.85. The Kier molecular flexibility index (Phi) is 4.85. The quantitative estimate of drug-likeness (QED) is 0.796. The SMILES string of the molecule is COc1ccc(CCl)cc1S(=O)(=O)N1CCCC(C)(C)C1. The van der Waals surface area contributed by atoms with Gasteiger partial charge in [-0.3, -0.25) is 0 Å². The van der Waals surface area contributed by atoms with Crippen molar-refractivity contribution in [3.8, 4) is 5.75 Å². The van der Waals surface area contributed by atoms with Crippen LogP contribution in [-0.2, 0) is 15.9 Å². The molecule has 118 valence electrons. The highest BCUT2D eigenvalue weighted by atomic mass is 35.5. The smallest absolute Gasteiger partial charge is 0.246 e. The monoisotopic (exact) mass is 331 g/mol. The van der Waals surface area contributed by atoms with Crippen LogP contribution in [0.2, 0.25) is 0 Å². The summed E-state index contributed by atoms with van der Waals surface area (Å²) in [6, 6.07) is 5.06. The maximum Gasteiger partial charge on any atom is 0.246 e. The maximum atomic E-state index is 12.9. The summed E-state index contributed by atoms with van der Waals surface area (Å²) in [5, 5.41) is 0. The van der Waals surface area contributed by atoms with E-state index in [4.69, 9.17) is 16.3 Å². The Hall–Kier alpha value is -0.780. The van der Waals surface area contributed by atoms with Gasteiger partial charge in [0.05, 0.1) is 7.11 Å². The zero-order valence-electron chi connectivity index (χ0n) is 12.7. The predicted molar refractivity (Wildman–Crippen MR) is 84.3 cm³/mol. The Bertz CT molecular complexity index is 613. The third-order valence-corrected chi connectivity index (χ3v) is 6.04. The molecule has 1 saturated heterocycles. The molecule has 1 aromatic carbocycles. The summed E-state index contributed by atoms with van der Waals surface area (Å²) in [6.07, 6.45) is 1.92. The van der Waals surface area contributed by atoms with E-state index in [1.807, 2.05) is 0 Å². The fourth-order valence-electron chi connectivity index (χ4n) is 2.72. The van der Waals surface area contributed by atoms with Crippen LogP contribution in [0, 0.1) is 5.41 Å². The first-order valence-electron chi connectivity index (χ1n) is 7.03. The van der Waals surface area contributed by atoms with Crippen molar-refractivity contribution in [1.82, 2.24) is 4.31 Å². The number of hydrogen-bond acceptors (Lipinski definition) is 3. The number of nitrogens with zero attached hydrogens (tertiary/aromatic N) is 1. The van der Waals surface area contributed by atoms with Gasteiger partial charge >= 0.3 is 0 Å². The molecule has 2 rings (SSSR count). The van der Waals surface area contributed by atoms with Gasteiger partial charge in [-0.2, -0.15) is 4.31 Å². The summed E-state index contributed by atoms with van der Waals surface area (Å²) in [7, 11) is -2.08. The van der Waals surface area contributed by atoms with Crippen LogP contribution in [-0.4, -0.2) is 32.9 Å². The third-order valence-electron chi connectivity index (χ3n) is 3.87. The molecule has 0 saturated carbocycles. The van der Waals surface area contributed by atoms with Crippen molar-refractivity contribution < 1.29 is 13.2 Å². The van der Waals surface area contributed by atoms with Crippen molar-refractivity contribution in [2.75, 3.05) is 20.2 Å². The van der Waals surface area contributed by atoms with Gasteiger partial charge in [0.25, 0.3) is 0 Å². The number of sulfonamides is 1. The Labute approximate surface area is 132 Å². The van der Waals surface area contributed by atoms with Gasteiger partial charge in [0.1, 0.15) is 10.6 Å². The zero-order valence-corrected chi connectivity index (χ0v) is 14.3. The molecule has 0 aliphatic carbocycles. The molecule has 0 spiro atoms. The molecule has 6 heteroatoms. The van der Waals surface area contributed by atoms with E-state index >= 15 is 0 Å². The summed E-state index contributed by atoms with van der Waals surface area (Å²) < 4.78 is 32.6. The lowest BCUT2D eigenvalue weighted by Crippen LogP contribution is -2.43. The van der Waals surface area contributed by atoms with Crippen LogP contribution >= 0.6 is 11.6 Å². The molecule has 1 heterocycles. The number of methoxy groups -OCH3 is 1. The molecule has 0 radical (unpaired) electrons. The molecule has 0 aromatic heterocycles. The fraction of sp³-hybridized carbons (Fsp3) is 0.600. The summed E-state index contributed by atoms with van der Waals surface area (Å²) in [5.41, 5.74) is 0.773. The lowest BCUT2D eigenvalue weighted by Gasteiger charge is -2.37. The van der Waals surface area contributed by atoms with Crippen LogP contribution in [0.15, 0.2) is 23.1 Å². The minimum absolute atomic E-state index is 0.00263. The fourth-order valence-corrected chi connectivity index (χ4v) is 4.76. The van der Waals surface area contributed by atoms with Crippen molar-refractivity contribution in [2.24, 2.45) is 5.41 Å². The largest absolute Gasteiger partial charge is 0.495 e. The van der Waals surface area contributed by atoms with Crippen LogP contribution in [0.25, 0.3) is 0 Å². The first-order valence-corrected chi connectivity index (χ1v) is 9.01. The van der Waals surface area contributed by atoms with Gasteiger partial charge in [-0.1, -0.05) is 19.9 Å². The van der Waals surface area contributed by atoms with E-state index < -0.39 is 10.0 Å². The van der Waals surface area contributed by atoms with E-state index in [0.29, 0.717) is 18.8 Å². The highest BCUT2D eigenvalue weighted by molar-refractivity contribution is 7.89. The van der Waals surface area contributed by atoms with Crippen LogP contribution in [0.3, 0.4) is 0 Å². The van der Waals surface area contributed by atoms with E-state index in [0.717, 1.165) is 18.4 Å². The molecule has 21 heavy (non-hydrogen) atoms.